The Morgan fingerprint density at radius 2 is 2.15 bits per heavy atom. The lowest BCUT2D eigenvalue weighted by Gasteiger charge is -2.24. The van der Waals surface area contributed by atoms with Crippen molar-refractivity contribution in [2.75, 3.05) is 13.1 Å². The number of nitrogens with one attached hydrogen (secondary N) is 2. The molecule has 0 radical (unpaired) electrons. The summed E-state index contributed by atoms with van der Waals surface area (Å²) in [6.07, 6.45) is 3.28. The first-order valence-corrected chi connectivity index (χ1v) is 6.97. The van der Waals surface area contributed by atoms with Gasteiger partial charge in [-0.15, -0.1) is 0 Å². The molecule has 0 bridgehead atoms. The van der Waals surface area contributed by atoms with Crippen molar-refractivity contribution >= 4 is 6.09 Å². The first-order valence-electron chi connectivity index (χ1n) is 6.97. The molecular weight excluding hydrogens is 254 g/mol. The Morgan fingerprint density at radius 1 is 1.35 bits per heavy atom. The van der Waals surface area contributed by atoms with Crippen molar-refractivity contribution in [1.82, 2.24) is 15.8 Å². The molecule has 0 unspecified atom stereocenters. The van der Waals surface area contributed by atoms with Gasteiger partial charge in [0.05, 0.1) is 0 Å². The molecule has 5 heteroatoms. The Bertz CT molecular complexity index is 459. The van der Waals surface area contributed by atoms with Crippen LogP contribution in [0.2, 0.25) is 0 Å². The number of hydrogen-bond donors (Lipinski definition) is 2. The Balaban J connectivity index is 1.71. The number of carbonyl (C=O) groups is 1. The molecular formula is C15H21N3O2. The van der Waals surface area contributed by atoms with Crippen molar-refractivity contribution < 1.29 is 9.53 Å². The average Bonchev–Trinajstić information content (AvgIpc) is 2.48. The topological polar surface area (TPSA) is 53.6 Å². The lowest BCUT2D eigenvalue weighted by Crippen LogP contribution is -2.37. The van der Waals surface area contributed by atoms with Crippen LogP contribution in [-0.2, 0) is 11.3 Å². The maximum Gasteiger partial charge on any atom is 0.426 e. The van der Waals surface area contributed by atoms with E-state index < -0.39 is 6.09 Å². The van der Waals surface area contributed by atoms with Crippen LogP contribution < -0.4 is 10.9 Å². The lowest BCUT2D eigenvalue weighted by molar-refractivity contribution is 0.159. The minimum Gasteiger partial charge on any atom is -0.412 e. The third-order valence-corrected chi connectivity index (χ3v) is 3.15. The molecule has 1 aliphatic heterocycles. The second-order valence-electron chi connectivity index (χ2n) is 4.68. The number of rotatable bonds is 5. The molecule has 1 amide bonds. The fourth-order valence-corrected chi connectivity index (χ4v) is 2.07. The van der Waals surface area contributed by atoms with Crippen molar-refractivity contribution in [2.24, 2.45) is 0 Å². The van der Waals surface area contributed by atoms with Crippen molar-refractivity contribution in [2.45, 2.75) is 26.3 Å². The van der Waals surface area contributed by atoms with Crippen LogP contribution in [0, 0.1) is 0 Å². The number of amides is 1. The van der Waals surface area contributed by atoms with E-state index in [0.717, 1.165) is 37.3 Å². The summed E-state index contributed by atoms with van der Waals surface area (Å²) in [4.78, 5) is 13.8. The van der Waals surface area contributed by atoms with Gasteiger partial charge >= 0.3 is 6.09 Å². The van der Waals surface area contributed by atoms with Gasteiger partial charge in [-0.25, -0.2) is 10.2 Å². The molecule has 20 heavy (non-hydrogen) atoms. The largest absolute Gasteiger partial charge is 0.426 e. The quantitative estimate of drug-likeness (QED) is 0.810. The second-order valence-corrected chi connectivity index (χ2v) is 4.68. The number of benzene rings is 1. The first kappa shape index (κ1) is 14.4. The van der Waals surface area contributed by atoms with E-state index in [1.807, 2.05) is 36.5 Å². The smallest absolute Gasteiger partial charge is 0.412 e. The molecule has 1 aromatic rings. The highest BCUT2D eigenvalue weighted by Crippen LogP contribution is 2.15. The summed E-state index contributed by atoms with van der Waals surface area (Å²) in [5.74, 6) is 0.720. The van der Waals surface area contributed by atoms with Crippen LogP contribution in [0.4, 0.5) is 4.79 Å². The average molecular weight is 275 g/mol. The molecule has 2 N–H and O–H groups in total. The number of hydrogen-bond acceptors (Lipinski definition) is 4. The van der Waals surface area contributed by atoms with Gasteiger partial charge in [0.1, 0.15) is 5.76 Å². The molecule has 1 aliphatic rings. The van der Waals surface area contributed by atoms with E-state index in [2.05, 4.69) is 22.7 Å². The standard InChI is InChI=1S/C15H21N3O2/c1-2-18-10-6-9-14(12-18)20-15(19)17-16-11-13-7-4-3-5-8-13/h3-5,7-8,12,16H,2,6,9-11H2,1H3,(H,17,19). The molecule has 2 rings (SSSR count). The lowest BCUT2D eigenvalue weighted by atomic mass is 10.2. The summed E-state index contributed by atoms with van der Waals surface area (Å²) >= 11 is 0. The fourth-order valence-electron chi connectivity index (χ4n) is 2.07. The van der Waals surface area contributed by atoms with Gasteiger partial charge in [0, 0.05) is 32.3 Å². The molecule has 0 spiro atoms. The number of allylic oxidation sites excluding steroid dienone is 1. The molecule has 0 saturated heterocycles. The van der Waals surface area contributed by atoms with Gasteiger partial charge in [0.15, 0.2) is 0 Å². The van der Waals surface area contributed by atoms with Gasteiger partial charge in [-0.1, -0.05) is 30.3 Å². The molecule has 0 aliphatic carbocycles. The van der Waals surface area contributed by atoms with E-state index in [1.54, 1.807) is 0 Å². The summed E-state index contributed by atoms with van der Waals surface area (Å²) in [5, 5.41) is 0. The van der Waals surface area contributed by atoms with Crippen LogP contribution in [0.25, 0.3) is 0 Å². The van der Waals surface area contributed by atoms with Gasteiger partial charge in [0.25, 0.3) is 0 Å². The maximum absolute atomic E-state index is 11.6. The predicted octanol–water partition coefficient (Wildman–Crippen LogP) is 2.37. The van der Waals surface area contributed by atoms with Crippen molar-refractivity contribution in [3.05, 3.63) is 47.9 Å². The van der Waals surface area contributed by atoms with Crippen LogP contribution in [0.15, 0.2) is 42.3 Å². The van der Waals surface area contributed by atoms with Crippen LogP contribution in [0.3, 0.4) is 0 Å². The van der Waals surface area contributed by atoms with E-state index in [4.69, 9.17) is 4.74 Å². The minimum atomic E-state index is -0.467. The zero-order chi connectivity index (χ0) is 14.2. The third kappa shape index (κ3) is 4.59. The molecule has 108 valence electrons. The normalized spacial score (nSPS) is 14.7. The fraction of sp³-hybridized carbons (Fsp3) is 0.400. The van der Waals surface area contributed by atoms with Gasteiger partial charge in [0.2, 0.25) is 0 Å². The van der Waals surface area contributed by atoms with Crippen LogP contribution in [-0.4, -0.2) is 24.1 Å². The maximum atomic E-state index is 11.6. The van der Waals surface area contributed by atoms with E-state index in [0.29, 0.717) is 6.54 Å². The van der Waals surface area contributed by atoms with E-state index in [1.165, 1.54) is 0 Å². The van der Waals surface area contributed by atoms with Gasteiger partial charge in [-0.3, -0.25) is 5.43 Å². The number of hydrazine groups is 1. The molecule has 0 atom stereocenters. The monoisotopic (exact) mass is 275 g/mol. The van der Waals surface area contributed by atoms with E-state index >= 15 is 0 Å². The van der Waals surface area contributed by atoms with Crippen molar-refractivity contribution in [1.29, 1.82) is 0 Å². The number of ether oxygens (including phenoxy) is 1. The second kappa shape index (κ2) is 7.55. The van der Waals surface area contributed by atoms with Crippen LogP contribution >= 0.6 is 0 Å². The summed E-state index contributed by atoms with van der Waals surface area (Å²) in [5.41, 5.74) is 6.49. The molecule has 1 heterocycles. The summed E-state index contributed by atoms with van der Waals surface area (Å²) in [6, 6.07) is 9.86. The summed E-state index contributed by atoms with van der Waals surface area (Å²) in [6.45, 7) is 4.61. The zero-order valence-electron chi connectivity index (χ0n) is 11.8. The van der Waals surface area contributed by atoms with Gasteiger partial charge < -0.3 is 9.64 Å². The summed E-state index contributed by atoms with van der Waals surface area (Å²) in [7, 11) is 0. The Labute approximate surface area is 119 Å². The highest BCUT2D eigenvalue weighted by atomic mass is 16.6. The predicted molar refractivity (Wildman–Crippen MR) is 77.5 cm³/mol. The molecule has 5 nitrogen and oxygen atoms in total. The molecule has 0 aromatic heterocycles. The van der Waals surface area contributed by atoms with Crippen molar-refractivity contribution in [3.8, 4) is 0 Å². The van der Waals surface area contributed by atoms with Gasteiger partial charge in [-0.05, 0) is 18.9 Å². The third-order valence-electron chi connectivity index (χ3n) is 3.15. The number of carbonyl (C=O) groups excluding carboxylic acids is 1. The number of nitrogens with zero attached hydrogens (tertiary/aromatic N) is 1. The van der Waals surface area contributed by atoms with Crippen LogP contribution in [0.5, 0.6) is 0 Å². The Hall–Kier alpha value is -2.01. The molecule has 0 saturated carbocycles. The highest BCUT2D eigenvalue weighted by molar-refractivity contribution is 5.67. The first-order chi connectivity index (χ1) is 9.78. The SMILES string of the molecule is CCN1C=C(OC(=O)NNCc2ccccc2)CCC1. The Kier molecular flexibility index (Phi) is 5.43. The van der Waals surface area contributed by atoms with Gasteiger partial charge in [-0.2, -0.15) is 0 Å². The Morgan fingerprint density at radius 3 is 2.90 bits per heavy atom. The van der Waals surface area contributed by atoms with E-state index in [9.17, 15) is 4.79 Å². The zero-order valence-corrected chi connectivity index (χ0v) is 11.8. The van der Waals surface area contributed by atoms with Crippen molar-refractivity contribution in [3.63, 3.8) is 0 Å². The highest BCUT2D eigenvalue weighted by Gasteiger charge is 2.13. The summed E-state index contributed by atoms with van der Waals surface area (Å²) < 4.78 is 5.27. The van der Waals surface area contributed by atoms with Crippen LogP contribution in [0.1, 0.15) is 25.3 Å². The molecule has 0 fully saturated rings. The van der Waals surface area contributed by atoms with E-state index in [-0.39, 0.29) is 0 Å². The minimum absolute atomic E-state index is 0.467. The molecule has 1 aromatic carbocycles.